The molecule has 2 heterocycles. The molecule has 8 nitrogen and oxygen atoms in total. The summed E-state index contributed by atoms with van der Waals surface area (Å²) in [5, 5.41) is 28.2. The van der Waals surface area contributed by atoms with Gasteiger partial charge in [0, 0.05) is 23.3 Å². The fourth-order valence-corrected chi connectivity index (χ4v) is 2.62. The Labute approximate surface area is 126 Å². The van der Waals surface area contributed by atoms with Crippen LogP contribution in [-0.2, 0) is 0 Å². The number of nitrogens with zero attached hydrogens (tertiary/aromatic N) is 3. The average Bonchev–Trinajstić information content (AvgIpc) is 3.06. The van der Waals surface area contributed by atoms with E-state index < -0.39 is 4.92 Å². The Kier molecular flexibility index (Phi) is 3.39. The summed E-state index contributed by atoms with van der Waals surface area (Å²) in [6.07, 6.45) is 3.00. The van der Waals surface area contributed by atoms with Crippen molar-refractivity contribution in [1.82, 2.24) is 4.98 Å². The average molecular weight is 316 g/mol. The van der Waals surface area contributed by atoms with Gasteiger partial charge in [-0.2, -0.15) is 5.10 Å². The van der Waals surface area contributed by atoms with Crippen LogP contribution in [-0.4, -0.2) is 26.9 Å². The SMILES string of the molecule is O=c1[nH]c(O)c(/C=C2\C=NN=C2c2cccc([N+](=O)[O-])c2)s1. The third kappa shape index (κ3) is 2.56. The van der Waals surface area contributed by atoms with E-state index in [9.17, 15) is 20.0 Å². The molecule has 0 radical (unpaired) electrons. The van der Waals surface area contributed by atoms with Gasteiger partial charge in [-0.25, -0.2) is 0 Å². The van der Waals surface area contributed by atoms with Crippen LogP contribution in [0.1, 0.15) is 10.4 Å². The van der Waals surface area contributed by atoms with Gasteiger partial charge in [-0.1, -0.05) is 23.5 Å². The van der Waals surface area contributed by atoms with Gasteiger partial charge in [0.15, 0.2) is 0 Å². The molecule has 1 aliphatic rings. The van der Waals surface area contributed by atoms with Crippen molar-refractivity contribution in [3.63, 3.8) is 0 Å². The Balaban J connectivity index is 2.01. The predicted molar refractivity (Wildman–Crippen MR) is 82.7 cm³/mol. The Morgan fingerprint density at radius 3 is 2.91 bits per heavy atom. The molecule has 3 rings (SSSR count). The molecular formula is C13H8N4O4S. The van der Waals surface area contributed by atoms with Gasteiger partial charge in [-0.15, -0.1) is 5.10 Å². The number of thiazole rings is 1. The van der Waals surface area contributed by atoms with E-state index in [1.54, 1.807) is 18.2 Å². The molecule has 0 spiro atoms. The first-order valence-corrected chi connectivity index (χ1v) is 6.86. The molecule has 0 aliphatic carbocycles. The quantitative estimate of drug-likeness (QED) is 0.663. The summed E-state index contributed by atoms with van der Waals surface area (Å²) in [7, 11) is 0. The lowest BCUT2D eigenvalue weighted by Crippen LogP contribution is -2.03. The number of nitrogens with one attached hydrogen (secondary N) is 1. The molecule has 1 aliphatic heterocycles. The van der Waals surface area contributed by atoms with Crippen LogP contribution in [0.3, 0.4) is 0 Å². The van der Waals surface area contributed by atoms with Crippen LogP contribution < -0.4 is 4.87 Å². The lowest BCUT2D eigenvalue weighted by molar-refractivity contribution is -0.384. The first kappa shape index (κ1) is 13.9. The Bertz CT molecular complexity index is 907. The first-order valence-electron chi connectivity index (χ1n) is 6.04. The Morgan fingerprint density at radius 2 is 2.23 bits per heavy atom. The molecule has 2 N–H and O–H groups in total. The molecule has 0 saturated carbocycles. The number of benzene rings is 1. The van der Waals surface area contributed by atoms with Crippen molar-refractivity contribution in [3.8, 4) is 5.88 Å². The fourth-order valence-electron chi connectivity index (χ4n) is 1.94. The van der Waals surface area contributed by atoms with Crippen LogP contribution in [0, 0.1) is 10.1 Å². The van der Waals surface area contributed by atoms with E-state index in [4.69, 9.17) is 0 Å². The molecular weight excluding hydrogens is 308 g/mol. The minimum Gasteiger partial charge on any atom is -0.493 e. The zero-order valence-corrected chi connectivity index (χ0v) is 11.7. The highest BCUT2D eigenvalue weighted by molar-refractivity contribution is 7.10. The second-order valence-corrected chi connectivity index (χ2v) is 5.34. The van der Waals surface area contributed by atoms with Crippen LogP contribution in [0.4, 0.5) is 5.69 Å². The van der Waals surface area contributed by atoms with Gasteiger partial charge in [0.2, 0.25) is 5.88 Å². The molecule has 22 heavy (non-hydrogen) atoms. The molecule has 0 atom stereocenters. The van der Waals surface area contributed by atoms with Crippen LogP contribution in [0.2, 0.25) is 0 Å². The number of aromatic amines is 1. The Morgan fingerprint density at radius 1 is 1.41 bits per heavy atom. The molecule has 0 bridgehead atoms. The second-order valence-electron chi connectivity index (χ2n) is 4.33. The number of aromatic hydroxyl groups is 1. The zero-order chi connectivity index (χ0) is 15.7. The van der Waals surface area contributed by atoms with Crippen molar-refractivity contribution in [1.29, 1.82) is 0 Å². The van der Waals surface area contributed by atoms with E-state index in [1.807, 2.05) is 0 Å². The van der Waals surface area contributed by atoms with Crippen molar-refractivity contribution in [2.75, 3.05) is 0 Å². The van der Waals surface area contributed by atoms with Gasteiger partial charge in [-0.3, -0.25) is 19.9 Å². The number of nitro benzene ring substituents is 1. The summed E-state index contributed by atoms with van der Waals surface area (Å²) in [5.41, 5.74) is 1.45. The molecule has 0 unspecified atom stereocenters. The molecule has 0 fully saturated rings. The minimum atomic E-state index is -0.493. The van der Waals surface area contributed by atoms with E-state index in [1.165, 1.54) is 18.3 Å². The highest BCUT2D eigenvalue weighted by Gasteiger charge is 2.17. The van der Waals surface area contributed by atoms with Crippen molar-refractivity contribution < 1.29 is 10.0 Å². The van der Waals surface area contributed by atoms with Gasteiger partial charge in [-0.05, 0) is 6.08 Å². The van der Waals surface area contributed by atoms with Crippen LogP contribution in [0.15, 0.2) is 44.8 Å². The number of non-ortho nitro benzene ring substituents is 1. The van der Waals surface area contributed by atoms with Gasteiger partial charge < -0.3 is 5.11 Å². The minimum absolute atomic E-state index is 0.0550. The summed E-state index contributed by atoms with van der Waals surface area (Å²) in [6, 6.07) is 6.00. The zero-order valence-electron chi connectivity index (χ0n) is 10.9. The van der Waals surface area contributed by atoms with E-state index in [-0.39, 0.29) is 16.4 Å². The molecule has 1 aromatic carbocycles. The molecule has 110 valence electrons. The highest BCUT2D eigenvalue weighted by atomic mass is 32.1. The van der Waals surface area contributed by atoms with E-state index in [2.05, 4.69) is 15.2 Å². The van der Waals surface area contributed by atoms with E-state index >= 15 is 0 Å². The lowest BCUT2D eigenvalue weighted by Gasteiger charge is -2.02. The van der Waals surface area contributed by atoms with Crippen molar-refractivity contribution in [3.05, 3.63) is 60.1 Å². The Hall–Kier alpha value is -3.07. The monoisotopic (exact) mass is 316 g/mol. The maximum Gasteiger partial charge on any atom is 0.307 e. The van der Waals surface area contributed by atoms with Gasteiger partial charge in [0.1, 0.15) is 5.71 Å². The highest BCUT2D eigenvalue weighted by Crippen LogP contribution is 2.24. The molecule has 9 heteroatoms. The first-order chi connectivity index (χ1) is 10.5. The third-order valence-electron chi connectivity index (χ3n) is 2.90. The number of allylic oxidation sites excluding steroid dienone is 1. The topological polar surface area (TPSA) is 121 Å². The summed E-state index contributed by atoms with van der Waals surface area (Å²) < 4.78 is 0. The normalized spacial score (nSPS) is 15.3. The largest absolute Gasteiger partial charge is 0.493 e. The van der Waals surface area contributed by atoms with Crippen molar-refractivity contribution in [2.24, 2.45) is 10.2 Å². The number of H-pyrrole nitrogens is 1. The van der Waals surface area contributed by atoms with E-state index in [0.29, 0.717) is 21.7 Å². The molecule has 2 aromatic rings. The van der Waals surface area contributed by atoms with Crippen molar-refractivity contribution >= 4 is 35.0 Å². The summed E-state index contributed by atoms with van der Waals surface area (Å²) in [4.78, 5) is 23.8. The number of aromatic nitrogens is 1. The van der Waals surface area contributed by atoms with Gasteiger partial charge >= 0.3 is 4.87 Å². The van der Waals surface area contributed by atoms with Crippen LogP contribution in [0.25, 0.3) is 6.08 Å². The summed E-state index contributed by atoms with van der Waals surface area (Å²) >= 11 is 0.844. The predicted octanol–water partition coefficient (Wildman–Crippen LogP) is 1.92. The lowest BCUT2D eigenvalue weighted by atomic mass is 10.0. The van der Waals surface area contributed by atoms with Crippen LogP contribution in [0.5, 0.6) is 5.88 Å². The van der Waals surface area contributed by atoms with Gasteiger partial charge in [0.25, 0.3) is 5.69 Å². The summed E-state index contributed by atoms with van der Waals surface area (Å²) in [6.45, 7) is 0. The smallest absolute Gasteiger partial charge is 0.307 e. The standard InChI is InChI=1S/C13H8N4O4S/c18-12-10(22-13(19)15-12)5-8-6-14-16-11(8)7-2-1-3-9(4-7)17(20)21/h1-6,18H,(H,15,19)/b8-5+. The third-order valence-corrected chi connectivity index (χ3v) is 3.72. The number of nitro groups is 1. The maximum absolute atomic E-state index is 11.2. The number of hydrogen-bond acceptors (Lipinski definition) is 7. The number of hydrogen-bond donors (Lipinski definition) is 2. The van der Waals surface area contributed by atoms with Crippen molar-refractivity contribution in [2.45, 2.75) is 0 Å². The molecule has 0 saturated heterocycles. The number of rotatable bonds is 3. The molecule has 0 amide bonds. The maximum atomic E-state index is 11.2. The summed E-state index contributed by atoms with van der Waals surface area (Å²) in [5.74, 6) is -0.235. The molecule has 1 aromatic heterocycles. The van der Waals surface area contributed by atoms with Gasteiger partial charge in [0.05, 0.1) is 16.0 Å². The fraction of sp³-hybridized carbons (Fsp3) is 0. The second kappa shape index (κ2) is 5.37. The van der Waals surface area contributed by atoms with Crippen LogP contribution >= 0.6 is 11.3 Å². The van der Waals surface area contributed by atoms with E-state index in [0.717, 1.165) is 11.3 Å².